The molecule has 1 atom stereocenters. The van der Waals surface area contributed by atoms with E-state index < -0.39 is 9.84 Å². The zero-order valence-electron chi connectivity index (χ0n) is 10.3. The Morgan fingerprint density at radius 3 is 2.69 bits per heavy atom. The molecule has 0 aromatic heterocycles. The lowest BCUT2D eigenvalue weighted by atomic mass is 9.83. The number of nitrogens with one attached hydrogen (secondary N) is 1. The molecule has 0 spiro atoms. The van der Waals surface area contributed by atoms with E-state index in [0.29, 0.717) is 18.1 Å². The number of sulfone groups is 1. The third kappa shape index (κ3) is 4.03. The topological polar surface area (TPSA) is 55.4 Å². The molecule has 96 valence electrons. The fourth-order valence-corrected chi connectivity index (χ4v) is 4.68. The largest absolute Gasteiger partial charge is 0.383 e. The van der Waals surface area contributed by atoms with Crippen molar-refractivity contribution in [3.05, 3.63) is 0 Å². The monoisotopic (exact) mass is 249 g/mol. The van der Waals surface area contributed by atoms with Crippen molar-refractivity contribution in [2.24, 2.45) is 5.41 Å². The first kappa shape index (κ1) is 13.9. The normalized spacial score (nSPS) is 28.4. The maximum atomic E-state index is 11.6. The van der Waals surface area contributed by atoms with Crippen molar-refractivity contribution in [2.75, 3.05) is 38.3 Å². The van der Waals surface area contributed by atoms with Crippen molar-refractivity contribution in [1.29, 1.82) is 0 Å². The summed E-state index contributed by atoms with van der Waals surface area (Å²) in [6, 6.07) is 0. The minimum Gasteiger partial charge on any atom is -0.383 e. The van der Waals surface area contributed by atoms with Crippen LogP contribution in [-0.2, 0) is 14.6 Å². The Morgan fingerprint density at radius 1 is 1.44 bits per heavy atom. The summed E-state index contributed by atoms with van der Waals surface area (Å²) in [5.41, 5.74) is -0.0265. The van der Waals surface area contributed by atoms with E-state index in [1.54, 1.807) is 7.11 Å². The lowest BCUT2D eigenvalue weighted by molar-refractivity contribution is 0.191. The Hall–Kier alpha value is -0.130. The predicted octanol–water partition coefficient (Wildman–Crippen LogP) is 0.827. The first-order chi connectivity index (χ1) is 7.54. The minimum atomic E-state index is -2.79. The van der Waals surface area contributed by atoms with Crippen LogP contribution in [0.5, 0.6) is 0 Å². The van der Waals surface area contributed by atoms with Gasteiger partial charge in [-0.25, -0.2) is 8.42 Å². The Labute approximate surface area is 98.7 Å². The summed E-state index contributed by atoms with van der Waals surface area (Å²) in [5, 5.41) is 3.30. The van der Waals surface area contributed by atoms with Gasteiger partial charge in [0.05, 0.1) is 18.1 Å². The average molecular weight is 249 g/mol. The summed E-state index contributed by atoms with van der Waals surface area (Å²) in [7, 11) is -1.12. The van der Waals surface area contributed by atoms with Crippen LogP contribution in [0, 0.1) is 5.41 Å². The lowest BCUT2D eigenvalue weighted by Crippen LogP contribution is -2.36. The molecule has 0 bridgehead atoms. The second-order valence-electron chi connectivity index (χ2n) is 4.76. The van der Waals surface area contributed by atoms with Crippen LogP contribution in [0.25, 0.3) is 0 Å². The van der Waals surface area contributed by atoms with Gasteiger partial charge in [-0.1, -0.05) is 13.3 Å². The fraction of sp³-hybridized carbons (Fsp3) is 1.00. The van der Waals surface area contributed by atoms with Gasteiger partial charge in [0.2, 0.25) is 0 Å². The molecule has 0 saturated carbocycles. The predicted molar refractivity (Wildman–Crippen MR) is 65.4 cm³/mol. The molecule has 1 unspecified atom stereocenters. The number of ether oxygens (including phenoxy) is 1. The van der Waals surface area contributed by atoms with Crippen LogP contribution in [-0.4, -0.2) is 46.7 Å². The zero-order chi connectivity index (χ0) is 12.1. The highest BCUT2D eigenvalue weighted by Crippen LogP contribution is 2.36. The van der Waals surface area contributed by atoms with Gasteiger partial charge >= 0.3 is 0 Å². The maximum absolute atomic E-state index is 11.6. The molecule has 16 heavy (non-hydrogen) atoms. The van der Waals surface area contributed by atoms with Gasteiger partial charge in [-0.2, -0.15) is 0 Å². The molecular formula is C11H23NO3S. The number of hydrogen-bond acceptors (Lipinski definition) is 4. The Balaban J connectivity index is 2.47. The van der Waals surface area contributed by atoms with Crippen LogP contribution < -0.4 is 5.32 Å². The smallest absolute Gasteiger partial charge is 0.150 e. The Morgan fingerprint density at radius 2 is 2.19 bits per heavy atom. The van der Waals surface area contributed by atoms with E-state index in [-0.39, 0.29) is 5.41 Å². The molecule has 0 aromatic rings. The summed E-state index contributed by atoms with van der Waals surface area (Å²) >= 11 is 0. The van der Waals surface area contributed by atoms with Crippen molar-refractivity contribution in [2.45, 2.75) is 26.2 Å². The SMILES string of the molecule is CCCC1(CNCCOC)CCS(=O)(=O)C1. The molecule has 0 aliphatic carbocycles. The van der Waals surface area contributed by atoms with Gasteiger partial charge in [-0.15, -0.1) is 0 Å². The molecule has 5 heteroatoms. The summed E-state index contributed by atoms with van der Waals surface area (Å²) in [6.45, 7) is 4.38. The highest BCUT2D eigenvalue weighted by Gasteiger charge is 2.40. The zero-order valence-corrected chi connectivity index (χ0v) is 11.1. The van der Waals surface area contributed by atoms with Gasteiger partial charge in [0.25, 0.3) is 0 Å². The Kier molecular flexibility index (Phi) is 5.21. The van der Waals surface area contributed by atoms with Gasteiger partial charge in [0.1, 0.15) is 0 Å². The molecule has 0 aromatic carbocycles. The molecule has 1 fully saturated rings. The van der Waals surface area contributed by atoms with E-state index in [1.165, 1.54) is 0 Å². The summed E-state index contributed by atoms with van der Waals surface area (Å²) < 4.78 is 28.1. The van der Waals surface area contributed by atoms with Crippen LogP contribution in [0.4, 0.5) is 0 Å². The minimum absolute atomic E-state index is 0.0265. The summed E-state index contributed by atoms with van der Waals surface area (Å²) in [5.74, 6) is 0.715. The first-order valence-electron chi connectivity index (χ1n) is 5.94. The molecule has 1 N–H and O–H groups in total. The van der Waals surface area contributed by atoms with Crippen molar-refractivity contribution in [3.8, 4) is 0 Å². The number of rotatable bonds is 7. The molecule has 1 heterocycles. The molecule has 1 rings (SSSR count). The van der Waals surface area contributed by atoms with Gasteiger partial charge in [0.15, 0.2) is 9.84 Å². The second kappa shape index (κ2) is 5.98. The van der Waals surface area contributed by atoms with Crippen molar-refractivity contribution >= 4 is 9.84 Å². The van der Waals surface area contributed by atoms with Crippen LogP contribution in [0.2, 0.25) is 0 Å². The average Bonchev–Trinajstić information content (AvgIpc) is 2.51. The number of hydrogen-bond donors (Lipinski definition) is 1. The maximum Gasteiger partial charge on any atom is 0.150 e. The highest BCUT2D eigenvalue weighted by atomic mass is 32.2. The van der Waals surface area contributed by atoms with Gasteiger partial charge in [-0.05, 0) is 18.3 Å². The lowest BCUT2D eigenvalue weighted by Gasteiger charge is -2.27. The molecule has 1 saturated heterocycles. The summed E-state index contributed by atoms with van der Waals surface area (Å²) in [4.78, 5) is 0. The quantitative estimate of drug-likeness (QED) is 0.679. The van der Waals surface area contributed by atoms with E-state index in [9.17, 15) is 8.42 Å². The second-order valence-corrected chi connectivity index (χ2v) is 6.95. The molecule has 1 aliphatic rings. The third-order valence-electron chi connectivity index (χ3n) is 3.23. The van der Waals surface area contributed by atoms with Crippen molar-refractivity contribution in [3.63, 3.8) is 0 Å². The van der Waals surface area contributed by atoms with E-state index in [2.05, 4.69) is 12.2 Å². The molecule has 1 aliphatic heterocycles. The van der Waals surface area contributed by atoms with E-state index in [4.69, 9.17) is 4.74 Å². The van der Waals surface area contributed by atoms with Crippen LogP contribution in [0.1, 0.15) is 26.2 Å². The van der Waals surface area contributed by atoms with E-state index in [1.807, 2.05) is 0 Å². The van der Waals surface area contributed by atoms with Crippen molar-refractivity contribution in [1.82, 2.24) is 5.32 Å². The van der Waals surface area contributed by atoms with E-state index >= 15 is 0 Å². The first-order valence-corrected chi connectivity index (χ1v) is 7.76. The van der Waals surface area contributed by atoms with Crippen molar-refractivity contribution < 1.29 is 13.2 Å². The van der Waals surface area contributed by atoms with Crippen LogP contribution >= 0.6 is 0 Å². The van der Waals surface area contributed by atoms with Gasteiger partial charge < -0.3 is 10.1 Å². The standard InChI is InChI=1S/C11H23NO3S/c1-3-4-11(9-12-6-7-15-2)5-8-16(13,14)10-11/h12H,3-10H2,1-2H3. The van der Waals surface area contributed by atoms with Gasteiger partial charge in [0, 0.05) is 20.2 Å². The Bertz CT molecular complexity index is 302. The molecule has 0 radical (unpaired) electrons. The van der Waals surface area contributed by atoms with Crippen LogP contribution in [0.3, 0.4) is 0 Å². The highest BCUT2D eigenvalue weighted by molar-refractivity contribution is 7.91. The molecule has 0 amide bonds. The number of methoxy groups -OCH3 is 1. The fourth-order valence-electron chi connectivity index (χ4n) is 2.47. The molecular weight excluding hydrogens is 226 g/mol. The van der Waals surface area contributed by atoms with Gasteiger partial charge in [-0.3, -0.25) is 0 Å². The third-order valence-corrected chi connectivity index (χ3v) is 5.11. The molecule has 4 nitrogen and oxygen atoms in total. The van der Waals surface area contributed by atoms with Crippen LogP contribution in [0.15, 0.2) is 0 Å². The summed E-state index contributed by atoms with van der Waals surface area (Å²) in [6.07, 6.45) is 2.84. The van der Waals surface area contributed by atoms with E-state index in [0.717, 1.165) is 32.4 Å².